The molecule has 2 aromatic carbocycles. The zero-order chi connectivity index (χ0) is 18.5. The Labute approximate surface area is 155 Å². The molecule has 6 nitrogen and oxygen atoms in total. The average molecular weight is 369 g/mol. The molecule has 132 valence electrons. The molecule has 0 aliphatic rings. The molecule has 0 unspecified atom stereocenters. The zero-order valence-corrected chi connectivity index (χ0v) is 14.8. The number of carbonyl (C=O) groups excluding carboxylic acids is 2. The summed E-state index contributed by atoms with van der Waals surface area (Å²) in [4.78, 5) is 25.1. The lowest BCUT2D eigenvalue weighted by molar-refractivity contribution is 0.102. The molecule has 1 aromatic heterocycles. The van der Waals surface area contributed by atoms with Crippen LogP contribution in [0.1, 0.15) is 27.8 Å². The Bertz CT molecular complexity index is 938. The van der Waals surface area contributed by atoms with E-state index >= 15 is 0 Å². The topological polar surface area (TPSA) is 76.0 Å². The number of hydrogen-bond acceptors (Lipinski definition) is 3. The number of aryl methyl sites for hydroxylation is 1. The number of carbonyl (C=O) groups is 2. The van der Waals surface area contributed by atoms with Crippen molar-refractivity contribution in [3.05, 3.63) is 77.1 Å². The van der Waals surface area contributed by atoms with Crippen molar-refractivity contribution >= 4 is 34.8 Å². The first-order valence-corrected chi connectivity index (χ1v) is 8.46. The quantitative estimate of drug-likeness (QED) is 0.713. The molecule has 0 atom stereocenters. The van der Waals surface area contributed by atoms with Crippen molar-refractivity contribution in [2.45, 2.75) is 13.5 Å². The molecule has 3 aromatic rings. The fraction of sp³-hybridized carbons (Fsp3) is 0.105. The van der Waals surface area contributed by atoms with E-state index in [4.69, 9.17) is 11.6 Å². The standard InChI is InChI=1S/C19H17ClN4O2/c1-2-24-12-16(22-18(25)14-10-6-7-11-15(14)20)17(23-24)19(26)21-13-8-4-3-5-9-13/h3-12H,2H2,1H3,(H,21,26)(H,22,25). The second-order valence-corrected chi connectivity index (χ2v) is 5.91. The molecule has 0 radical (unpaired) electrons. The molecular weight excluding hydrogens is 352 g/mol. The predicted molar refractivity (Wildman–Crippen MR) is 102 cm³/mol. The number of hydrogen-bond donors (Lipinski definition) is 2. The Morgan fingerprint density at radius 2 is 1.69 bits per heavy atom. The minimum Gasteiger partial charge on any atom is -0.321 e. The van der Waals surface area contributed by atoms with Crippen molar-refractivity contribution in [2.75, 3.05) is 10.6 Å². The van der Waals surface area contributed by atoms with E-state index < -0.39 is 11.8 Å². The maximum atomic E-state index is 12.6. The summed E-state index contributed by atoms with van der Waals surface area (Å²) in [5.74, 6) is -0.808. The number of benzene rings is 2. The van der Waals surface area contributed by atoms with Crippen molar-refractivity contribution in [1.82, 2.24) is 9.78 Å². The summed E-state index contributed by atoms with van der Waals surface area (Å²) in [5.41, 5.74) is 1.43. The van der Waals surface area contributed by atoms with Gasteiger partial charge in [0.2, 0.25) is 0 Å². The highest BCUT2D eigenvalue weighted by atomic mass is 35.5. The summed E-state index contributed by atoms with van der Waals surface area (Å²) >= 11 is 6.07. The van der Waals surface area contributed by atoms with Crippen LogP contribution in [0.15, 0.2) is 60.8 Å². The Kier molecular flexibility index (Phi) is 5.34. The predicted octanol–water partition coefficient (Wildman–Crippen LogP) is 4.06. The first-order valence-electron chi connectivity index (χ1n) is 8.08. The van der Waals surface area contributed by atoms with E-state index in [-0.39, 0.29) is 5.69 Å². The molecular formula is C19H17ClN4O2. The minimum atomic E-state index is -0.405. The number of rotatable bonds is 5. The van der Waals surface area contributed by atoms with Crippen molar-refractivity contribution in [2.24, 2.45) is 0 Å². The summed E-state index contributed by atoms with van der Waals surface area (Å²) in [6, 6.07) is 15.8. The SMILES string of the molecule is CCn1cc(NC(=O)c2ccccc2Cl)c(C(=O)Nc2ccccc2)n1. The molecule has 26 heavy (non-hydrogen) atoms. The van der Waals surface area contributed by atoms with E-state index in [2.05, 4.69) is 15.7 Å². The van der Waals surface area contributed by atoms with Gasteiger partial charge < -0.3 is 10.6 Å². The van der Waals surface area contributed by atoms with E-state index in [0.29, 0.717) is 28.5 Å². The van der Waals surface area contributed by atoms with Gasteiger partial charge in [-0.15, -0.1) is 0 Å². The Morgan fingerprint density at radius 1 is 1.00 bits per heavy atom. The molecule has 0 spiro atoms. The molecule has 0 saturated heterocycles. The Hall–Kier alpha value is -3.12. The number of nitrogens with one attached hydrogen (secondary N) is 2. The molecule has 0 fully saturated rings. The fourth-order valence-electron chi connectivity index (χ4n) is 2.39. The maximum Gasteiger partial charge on any atom is 0.278 e. The lowest BCUT2D eigenvalue weighted by Crippen LogP contribution is -2.18. The summed E-state index contributed by atoms with van der Waals surface area (Å²) in [6.07, 6.45) is 1.62. The first kappa shape index (κ1) is 17.7. The van der Waals surface area contributed by atoms with Crippen molar-refractivity contribution in [3.63, 3.8) is 0 Å². The normalized spacial score (nSPS) is 10.4. The van der Waals surface area contributed by atoms with Crippen LogP contribution in [0.25, 0.3) is 0 Å². The number of aromatic nitrogens is 2. The van der Waals surface area contributed by atoms with Gasteiger partial charge in [-0.2, -0.15) is 5.10 Å². The maximum absolute atomic E-state index is 12.6. The number of anilines is 2. The first-order chi connectivity index (χ1) is 12.6. The van der Waals surface area contributed by atoms with E-state index in [1.807, 2.05) is 25.1 Å². The molecule has 0 bridgehead atoms. The van der Waals surface area contributed by atoms with Crippen molar-refractivity contribution < 1.29 is 9.59 Å². The molecule has 0 aliphatic heterocycles. The number of para-hydroxylation sites is 1. The van der Waals surface area contributed by atoms with Gasteiger partial charge in [0.1, 0.15) is 0 Å². The highest BCUT2D eigenvalue weighted by Crippen LogP contribution is 2.20. The lowest BCUT2D eigenvalue weighted by Gasteiger charge is -2.07. The van der Waals surface area contributed by atoms with Gasteiger partial charge >= 0.3 is 0 Å². The largest absolute Gasteiger partial charge is 0.321 e. The molecule has 7 heteroatoms. The van der Waals surface area contributed by atoms with Crippen LogP contribution in [0.4, 0.5) is 11.4 Å². The zero-order valence-electron chi connectivity index (χ0n) is 14.1. The fourth-order valence-corrected chi connectivity index (χ4v) is 2.61. The van der Waals surface area contributed by atoms with Crippen LogP contribution >= 0.6 is 11.6 Å². The third-order valence-corrected chi connectivity index (χ3v) is 4.03. The van der Waals surface area contributed by atoms with Gasteiger partial charge in [-0.05, 0) is 31.2 Å². The Balaban J connectivity index is 1.85. The average Bonchev–Trinajstić information content (AvgIpc) is 3.06. The van der Waals surface area contributed by atoms with Gasteiger partial charge in [0.25, 0.3) is 11.8 Å². The number of halogens is 1. The van der Waals surface area contributed by atoms with E-state index in [1.54, 1.807) is 47.3 Å². The van der Waals surface area contributed by atoms with Gasteiger partial charge in [-0.3, -0.25) is 14.3 Å². The highest BCUT2D eigenvalue weighted by Gasteiger charge is 2.20. The summed E-state index contributed by atoms with van der Waals surface area (Å²) < 4.78 is 1.59. The van der Waals surface area contributed by atoms with Crippen LogP contribution in [0, 0.1) is 0 Å². The monoisotopic (exact) mass is 368 g/mol. The summed E-state index contributed by atoms with van der Waals surface area (Å²) in [7, 11) is 0. The van der Waals surface area contributed by atoms with Crippen molar-refractivity contribution in [3.8, 4) is 0 Å². The van der Waals surface area contributed by atoms with E-state index in [1.165, 1.54) is 0 Å². The van der Waals surface area contributed by atoms with Gasteiger partial charge in [0, 0.05) is 18.4 Å². The van der Waals surface area contributed by atoms with Gasteiger partial charge in [-0.25, -0.2) is 0 Å². The highest BCUT2D eigenvalue weighted by molar-refractivity contribution is 6.34. The van der Waals surface area contributed by atoms with Crippen LogP contribution in [0.2, 0.25) is 5.02 Å². The van der Waals surface area contributed by atoms with Crippen LogP contribution in [-0.4, -0.2) is 21.6 Å². The third-order valence-electron chi connectivity index (χ3n) is 3.70. The van der Waals surface area contributed by atoms with Crippen LogP contribution < -0.4 is 10.6 Å². The molecule has 0 saturated carbocycles. The van der Waals surface area contributed by atoms with E-state index in [0.717, 1.165) is 0 Å². The molecule has 2 amide bonds. The smallest absolute Gasteiger partial charge is 0.278 e. The molecule has 2 N–H and O–H groups in total. The second-order valence-electron chi connectivity index (χ2n) is 5.50. The van der Waals surface area contributed by atoms with Crippen LogP contribution in [0.3, 0.4) is 0 Å². The van der Waals surface area contributed by atoms with Gasteiger partial charge in [0.05, 0.1) is 16.3 Å². The third kappa shape index (κ3) is 3.92. The summed E-state index contributed by atoms with van der Waals surface area (Å²) in [5, 5.41) is 10.1. The van der Waals surface area contributed by atoms with Gasteiger partial charge in [0.15, 0.2) is 5.69 Å². The number of amides is 2. The second kappa shape index (κ2) is 7.84. The molecule has 3 rings (SSSR count). The Morgan fingerprint density at radius 3 is 2.38 bits per heavy atom. The molecule has 0 aliphatic carbocycles. The summed E-state index contributed by atoms with van der Waals surface area (Å²) in [6.45, 7) is 2.46. The van der Waals surface area contributed by atoms with E-state index in [9.17, 15) is 9.59 Å². The lowest BCUT2D eigenvalue weighted by atomic mass is 10.2. The van der Waals surface area contributed by atoms with Crippen LogP contribution in [-0.2, 0) is 6.54 Å². The van der Waals surface area contributed by atoms with Gasteiger partial charge in [-0.1, -0.05) is 41.9 Å². The number of nitrogens with zero attached hydrogens (tertiary/aromatic N) is 2. The van der Waals surface area contributed by atoms with Crippen LogP contribution in [0.5, 0.6) is 0 Å². The minimum absolute atomic E-state index is 0.135. The van der Waals surface area contributed by atoms with Crippen molar-refractivity contribution in [1.29, 1.82) is 0 Å². The molecule has 1 heterocycles.